The highest BCUT2D eigenvalue weighted by Crippen LogP contribution is 2.53. The highest BCUT2D eigenvalue weighted by Gasteiger charge is 2.51. The van der Waals surface area contributed by atoms with Crippen molar-refractivity contribution in [1.82, 2.24) is 0 Å². The van der Waals surface area contributed by atoms with Crippen LogP contribution in [0.1, 0.15) is 49.9 Å². The van der Waals surface area contributed by atoms with E-state index in [4.69, 9.17) is 0 Å². The molecule has 0 saturated heterocycles. The lowest BCUT2D eigenvalue weighted by Gasteiger charge is -2.36. The van der Waals surface area contributed by atoms with Gasteiger partial charge in [-0.15, -0.1) is 0 Å². The summed E-state index contributed by atoms with van der Waals surface area (Å²) in [4.78, 5) is 2.61. The van der Waals surface area contributed by atoms with Gasteiger partial charge in [0.25, 0.3) is 0 Å². The van der Waals surface area contributed by atoms with E-state index in [1.165, 1.54) is 93.4 Å². The quantitative estimate of drug-likeness (QED) is 0.159. The molecule has 0 aromatic heterocycles. The second-order valence-corrected chi connectivity index (χ2v) is 20.6. The molecule has 2 heteroatoms. The predicted molar refractivity (Wildman–Crippen MR) is 239 cm³/mol. The van der Waals surface area contributed by atoms with Gasteiger partial charge >= 0.3 is 0 Å². The van der Waals surface area contributed by atoms with Crippen molar-refractivity contribution < 1.29 is 0 Å². The molecule has 268 valence electrons. The van der Waals surface area contributed by atoms with Gasteiger partial charge in [-0.1, -0.05) is 185 Å². The van der Waals surface area contributed by atoms with Gasteiger partial charge in [0.05, 0.1) is 0 Å². The van der Waals surface area contributed by atoms with Crippen LogP contribution in [-0.2, 0) is 10.8 Å². The van der Waals surface area contributed by atoms with E-state index in [1.807, 2.05) is 0 Å². The zero-order chi connectivity index (χ0) is 37.8. The molecule has 0 fully saturated rings. The number of hydrogen-bond donors (Lipinski definition) is 0. The minimum absolute atomic E-state index is 0.128. The number of fused-ring (bicyclic) bond motifs is 9. The van der Waals surface area contributed by atoms with Gasteiger partial charge in [0, 0.05) is 27.9 Å². The third-order valence-corrected chi connectivity index (χ3v) is 18.3. The van der Waals surface area contributed by atoms with E-state index in [9.17, 15) is 0 Å². The lowest BCUT2D eigenvalue weighted by Crippen LogP contribution is -2.73. The van der Waals surface area contributed by atoms with Crippen molar-refractivity contribution in [1.29, 1.82) is 0 Å². The molecule has 56 heavy (non-hydrogen) atoms. The molecule has 0 spiro atoms. The van der Waals surface area contributed by atoms with E-state index >= 15 is 0 Å². The Morgan fingerprint density at radius 1 is 0.357 bits per heavy atom. The first-order chi connectivity index (χ1) is 27.3. The van der Waals surface area contributed by atoms with Crippen LogP contribution in [-0.4, -0.2) is 8.07 Å². The Kier molecular flexibility index (Phi) is 7.04. The summed E-state index contributed by atoms with van der Waals surface area (Å²) in [5.74, 6) is 0. The SMILES string of the molecule is CC1(C)c2ccccc2-c2ccc(N(c3ccc4c(c3)C(C)(C)c3ccccc3-4)c3cccc4c3[Si](c3ccccc3)(c3ccccc3)c3ccccc3-4)cc21. The second-order valence-electron chi connectivity index (χ2n) is 16.9. The molecule has 2 aliphatic carbocycles. The van der Waals surface area contributed by atoms with Crippen LogP contribution in [0.4, 0.5) is 17.1 Å². The summed E-state index contributed by atoms with van der Waals surface area (Å²) < 4.78 is 0. The highest BCUT2D eigenvalue weighted by molar-refractivity contribution is 7.22. The Bertz CT molecular complexity index is 2720. The van der Waals surface area contributed by atoms with Crippen LogP contribution in [0.5, 0.6) is 0 Å². The van der Waals surface area contributed by atoms with E-state index < -0.39 is 8.07 Å². The van der Waals surface area contributed by atoms with Crippen molar-refractivity contribution >= 4 is 45.9 Å². The van der Waals surface area contributed by atoms with Crippen molar-refractivity contribution in [3.05, 3.63) is 210 Å². The average Bonchev–Trinajstić information content (AvgIpc) is 3.77. The van der Waals surface area contributed by atoms with Gasteiger partial charge in [0.2, 0.25) is 0 Å². The van der Waals surface area contributed by atoms with Gasteiger partial charge in [0.1, 0.15) is 0 Å². The van der Waals surface area contributed by atoms with Crippen molar-refractivity contribution in [2.45, 2.75) is 38.5 Å². The van der Waals surface area contributed by atoms with Gasteiger partial charge in [-0.25, -0.2) is 0 Å². The van der Waals surface area contributed by atoms with E-state index in [1.54, 1.807) is 0 Å². The average molecular weight is 734 g/mol. The third-order valence-electron chi connectivity index (χ3n) is 13.3. The summed E-state index contributed by atoms with van der Waals surface area (Å²) in [5.41, 5.74) is 17.0. The van der Waals surface area contributed by atoms with Crippen molar-refractivity contribution in [2.75, 3.05) is 4.90 Å². The molecule has 0 N–H and O–H groups in total. The van der Waals surface area contributed by atoms with Gasteiger partial charge in [-0.3, -0.25) is 0 Å². The van der Waals surface area contributed by atoms with Crippen LogP contribution in [0, 0.1) is 0 Å². The first-order valence-corrected chi connectivity index (χ1v) is 21.9. The molecule has 8 aromatic carbocycles. The fourth-order valence-corrected chi connectivity index (χ4v) is 16.1. The van der Waals surface area contributed by atoms with Gasteiger partial charge < -0.3 is 4.90 Å². The first-order valence-electron chi connectivity index (χ1n) is 19.9. The maximum Gasteiger partial charge on any atom is 0.183 e. The molecule has 0 atom stereocenters. The molecule has 8 aromatic rings. The summed E-state index contributed by atoms with van der Waals surface area (Å²) in [6.45, 7) is 9.56. The minimum Gasteiger partial charge on any atom is -0.311 e. The molecule has 1 heterocycles. The Hall–Kier alpha value is -6.22. The number of rotatable bonds is 5. The molecule has 0 amide bonds. The molecule has 3 aliphatic rings. The number of nitrogens with zero attached hydrogens (tertiary/aromatic N) is 1. The Morgan fingerprint density at radius 3 is 1.32 bits per heavy atom. The lowest BCUT2D eigenvalue weighted by atomic mass is 9.82. The molecule has 0 saturated carbocycles. The largest absolute Gasteiger partial charge is 0.311 e. The topological polar surface area (TPSA) is 3.24 Å². The van der Waals surface area contributed by atoms with E-state index in [-0.39, 0.29) is 10.8 Å². The molecule has 0 bridgehead atoms. The molecule has 0 radical (unpaired) electrons. The standard InChI is InChI=1S/C54H43NSi/c1-53(2)46-26-14-11-22-40(46)42-32-30-36(34-48(42)53)55(37-31-33-43-41-23-12-15-27-47(41)54(3,4)49(43)35-37)50-28-17-25-45-44-24-13-16-29-51(44)56(52(45)50,38-18-7-5-8-19-38)39-20-9-6-10-21-39/h5-35H,1-4H3. The lowest BCUT2D eigenvalue weighted by molar-refractivity contribution is 0.660. The predicted octanol–water partition coefficient (Wildman–Crippen LogP) is 11.1. The van der Waals surface area contributed by atoms with E-state index in [2.05, 4.69) is 221 Å². The maximum absolute atomic E-state index is 2.84. The smallest absolute Gasteiger partial charge is 0.183 e. The molecule has 1 nitrogen and oxygen atoms in total. The molecule has 0 unspecified atom stereocenters. The zero-order valence-corrected chi connectivity index (χ0v) is 33.3. The third kappa shape index (κ3) is 4.36. The Morgan fingerprint density at radius 2 is 0.786 bits per heavy atom. The molecule has 1 aliphatic heterocycles. The highest BCUT2D eigenvalue weighted by atomic mass is 28.3. The van der Waals surface area contributed by atoms with E-state index in [0.29, 0.717) is 0 Å². The van der Waals surface area contributed by atoms with Crippen LogP contribution >= 0.6 is 0 Å². The van der Waals surface area contributed by atoms with Crippen molar-refractivity contribution in [3.8, 4) is 33.4 Å². The fraction of sp³-hybridized carbons (Fsp3) is 0.111. The summed E-state index contributed by atoms with van der Waals surface area (Å²) >= 11 is 0. The normalized spacial score (nSPS) is 15.6. The molecular formula is C54H43NSi. The summed E-state index contributed by atoms with van der Waals surface area (Å²) in [6.07, 6.45) is 0. The summed E-state index contributed by atoms with van der Waals surface area (Å²) in [5, 5.41) is 5.71. The van der Waals surface area contributed by atoms with Crippen LogP contribution in [0.25, 0.3) is 33.4 Å². The van der Waals surface area contributed by atoms with E-state index in [0.717, 1.165) is 0 Å². The number of hydrogen-bond acceptors (Lipinski definition) is 1. The number of benzene rings is 8. The maximum atomic E-state index is 2.61. The van der Waals surface area contributed by atoms with Crippen LogP contribution in [0.15, 0.2) is 188 Å². The number of anilines is 3. The monoisotopic (exact) mass is 733 g/mol. The Labute approximate surface area is 331 Å². The zero-order valence-electron chi connectivity index (χ0n) is 32.3. The van der Waals surface area contributed by atoms with Gasteiger partial charge in [-0.05, 0) is 107 Å². The fourth-order valence-electron chi connectivity index (χ4n) is 10.8. The van der Waals surface area contributed by atoms with Crippen molar-refractivity contribution in [3.63, 3.8) is 0 Å². The molecular weight excluding hydrogens is 691 g/mol. The van der Waals surface area contributed by atoms with Crippen LogP contribution in [0.3, 0.4) is 0 Å². The summed E-state index contributed by atoms with van der Waals surface area (Å²) in [7, 11) is -2.84. The second kappa shape index (κ2) is 11.9. The summed E-state index contributed by atoms with van der Waals surface area (Å²) in [6, 6.07) is 71.5. The van der Waals surface area contributed by atoms with Gasteiger partial charge in [-0.2, -0.15) is 0 Å². The molecule has 11 rings (SSSR count). The van der Waals surface area contributed by atoms with Crippen LogP contribution in [0.2, 0.25) is 0 Å². The van der Waals surface area contributed by atoms with Crippen LogP contribution < -0.4 is 25.6 Å². The van der Waals surface area contributed by atoms with Crippen molar-refractivity contribution in [2.24, 2.45) is 0 Å². The Balaban J connectivity index is 1.23. The van der Waals surface area contributed by atoms with Gasteiger partial charge in [0.15, 0.2) is 8.07 Å². The minimum atomic E-state index is -2.84. The first kappa shape index (κ1) is 33.1.